The Morgan fingerprint density at radius 3 is 0.491 bits per heavy atom. The van der Waals surface area contributed by atoms with E-state index >= 15 is 0 Å². The first-order valence-electron chi connectivity index (χ1n) is 43.9. The number of rotatable bonds is 44. The number of hydrogen-bond acceptors (Lipinski definition) is 18. The molecule has 22 nitrogen and oxygen atoms in total. The Morgan fingerprint density at radius 1 is 0.179 bits per heavy atom. The Labute approximate surface area is 647 Å². The Kier molecular flexibility index (Phi) is 70.2. The minimum atomic E-state index is 0.155. The summed E-state index contributed by atoms with van der Waals surface area (Å²) in [6.07, 6.45) is 45.3. The molecule has 4 amide bonds. The van der Waals surface area contributed by atoms with Crippen molar-refractivity contribution in [3.63, 3.8) is 0 Å². The van der Waals surface area contributed by atoms with E-state index in [-0.39, 0.29) is 23.6 Å². The summed E-state index contributed by atoms with van der Waals surface area (Å²) in [6, 6.07) is 0. The maximum Gasteiger partial charge on any atom is 0.222 e. The SMILES string of the molecule is CCCCCCCCCCCC(=O)N1CCOCCOCCN(CCCCCCCCCCCC(=O)N2CCOCCOCCN(C(=O)CCCCCCCCCCCN3CCOCCOCCN(C(=O)CCCCCCCCCCC)CCOCCOCC3)CCOCCOCC2)CCOCCOCC1. The van der Waals surface area contributed by atoms with Gasteiger partial charge in [-0.2, -0.15) is 0 Å². The lowest BCUT2D eigenvalue weighted by atomic mass is 10.1. The van der Waals surface area contributed by atoms with Gasteiger partial charge in [0.15, 0.2) is 0 Å². The number of ether oxygens (including phenoxy) is 12. The van der Waals surface area contributed by atoms with Crippen molar-refractivity contribution < 1.29 is 76.0 Å². The lowest BCUT2D eigenvalue weighted by molar-refractivity contribution is -0.134. The summed E-state index contributed by atoms with van der Waals surface area (Å²) < 4.78 is 71.2. The van der Waals surface area contributed by atoms with E-state index in [1.165, 1.54) is 154 Å². The molecule has 0 aliphatic carbocycles. The van der Waals surface area contributed by atoms with E-state index in [1.54, 1.807) is 0 Å². The van der Waals surface area contributed by atoms with E-state index in [1.807, 2.05) is 19.6 Å². The first-order chi connectivity index (χ1) is 52.4. The van der Waals surface area contributed by atoms with Crippen LogP contribution in [0.5, 0.6) is 0 Å². The largest absolute Gasteiger partial charge is 0.378 e. The van der Waals surface area contributed by atoms with Crippen molar-refractivity contribution in [1.82, 2.24) is 29.4 Å². The highest BCUT2D eigenvalue weighted by molar-refractivity contribution is 5.77. The molecule has 0 radical (unpaired) electrons. The Morgan fingerprint density at radius 2 is 0.321 bits per heavy atom. The molecule has 0 aromatic rings. The minimum absolute atomic E-state index is 0.155. The van der Waals surface area contributed by atoms with Gasteiger partial charge in [0, 0.05) is 104 Å². The van der Waals surface area contributed by atoms with Crippen LogP contribution < -0.4 is 0 Å². The van der Waals surface area contributed by atoms with E-state index in [0.717, 1.165) is 116 Å². The zero-order valence-corrected chi connectivity index (χ0v) is 68.4. The predicted octanol–water partition coefficient (Wildman–Crippen LogP) is 13.8. The van der Waals surface area contributed by atoms with Gasteiger partial charge in [-0.25, -0.2) is 0 Å². The van der Waals surface area contributed by atoms with E-state index in [0.29, 0.717) is 237 Å². The molecule has 624 valence electrons. The highest BCUT2D eigenvalue weighted by Crippen LogP contribution is 2.17. The summed E-state index contributed by atoms with van der Waals surface area (Å²) in [5.74, 6) is 0.708. The molecule has 3 rings (SSSR count). The normalized spacial score (nSPS) is 18.8. The lowest BCUT2D eigenvalue weighted by Crippen LogP contribution is -2.38. The van der Waals surface area contributed by atoms with Crippen molar-refractivity contribution in [3.8, 4) is 0 Å². The summed E-state index contributed by atoms with van der Waals surface area (Å²) in [7, 11) is 0. The first-order valence-corrected chi connectivity index (χ1v) is 43.9. The van der Waals surface area contributed by atoms with Crippen LogP contribution in [0.4, 0.5) is 0 Å². The van der Waals surface area contributed by atoms with Gasteiger partial charge in [-0.3, -0.25) is 29.0 Å². The van der Waals surface area contributed by atoms with Crippen LogP contribution in [0.3, 0.4) is 0 Å². The van der Waals surface area contributed by atoms with Gasteiger partial charge in [0.2, 0.25) is 23.6 Å². The van der Waals surface area contributed by atoms with E-state index < -0.39 is 0 Å². The average Bonchev–Trinajstić information content (AvgIpc) is 1.05. The monoisotopic (exact) mass is 1510 g/mol. The summed E-state index contributed by atoms with van der Waals surface area (Å²) in [5.41, 5.74) is 0. The van der Waals surface area contributed by atoms with Crippen LogP contribution in [-0.4, -0.2) is 303 Å². The zero-order valence-electron chi connectivity index (χ0n) is 68.4. The molecule has 3 fully saturated rings. The third-order valence-electron chi connectivity index (χ3n) is 20.6. The molecule has 3 aliphatic rings. The zero-order chi connectivity index (χ0) is 75.4. The molecule has 3 saturated heterocycles. The summed E-state index contributed by atoms with van der Waals surface area (Å²) >= 11 is 0. The van der Waals surface area contributed by atoms with Crippen LogP contribution in [-0.2, 0) is 76.0 Å². The van der Waals surface area contributed by atoms with Crippen molar-refractivity contribution in [2.45, 2.75) is 271 Å². The molecular weight excluding hydrogens is 1350 g/mol. The molecule has 0 atom stereocenters. The van der Waals surface area contributed by atoms with Gasteiger partial charge in [0.25, 0.3) is 0 Å². The van der Waals surface area contributed by atoms with Gasteiger partial charge < -0.3 is 76.4 Å². The number of nitrogens with zero attached hydrogens (tertiary/aromatic N) is 6. The van der Waals surface area contributed by atoms with Crippen LogP contribution in [0.15, 0.2) is 0 Å². The second kappa shape index (κ2) is 76.3. The Hall–Kier alpha value is -2.68. The number of amides is 4. The van der Waals surface area contributed by atoms with Crippen LogP contribution in [0, 0.1) is 0 Å². The predicted molar refractivity (Wildman–Crippen MR) is 425 cm³/mol. The minimum Gasteiger partial charge on any atom is -0.378 e. The standard InChI is InChI=1S/C84H162N6O16/c1-3-5-7-9-11-15-21-27-33-39-81(91)87-49-61-99-73-69-95-57-45-85(46-58-96-70-74-100-62-50-87)43-37-31-25-19-13-17-23-29-35-41-83(93)89-53-65-103-77-79-105-67-55-90(56-68-106-80-78-104-66-54-89)84(94)42-36-30-24-18-14-20-26-32-38-44-86-47-59-97-71-75-101-63-51-88(52-64-102-76-72-98-60-48-86)82(92)40-34-28-22-16-12-10-8-6-4-2/h3-80H2,1-2H3. The third-order valence-corrected chi connectivity index (χ3v) is 20.6. The van der Waals surface area contributed by atoms with E-state index in [9.17, 15) is 19.2 Å². The molecule has 3 aliphatic heterocycles. The van der Waals surface area contributed by atoms with Crippen molar-refractivity contribution in [1.29, 1.82) is 0 Å². The fraction of sp³-hybridized carbons (Fsp3) is 0.952. The summed E-state index contributed by atoms with van der Waals surface area (Å²) in [4.78, 5) is 65.5. The molecule has 106 heavy (non-hydrogen) atoms. The highest BCUT2D eigenvalue weighted by atomic mass is 16.5. The van der Waals surface area contributed by atoms with Gasteiger partial charge in [0.05, 0.1) is 159 Å². The van der Waals surface area contributed by atoms with Crippen molar-refractivity contribution >= 4 is 23.6 Å². The highest BCUT2D eigenvalue weighted by Gasteiger charge is 2.19. The molecule has 0 bridgehead atoms. The molecule has 0 N–H and O–H groups in total. The number of unbranched alkanes of at least 4 members (excludes halogenated alkanes) is 32. The van der Waals surface area contributed by atoms with Crippen LogP contribution in [0.25, 0.3) is 0 Å². The topological polar surface area (TPSA) is 198 Å². The van der Waals surface area contributed by atoms with Crippen molar-refractivity contribution in [2.75, 3.05) is 250 Å². The molecule has 0 spiro atoms. The average molecular weight is 1510 g/mol. The molecule has 22 heteroatoms. The van der Waals surface area contributed by atoms with Crippen molar-refractivity contribution in [3.05, 3.63) is 0 Å². The Balaban J connectivity index is 1.16. The van der Waals surface area contributed by atoms with Crippen LogP contribution in [0.2, 0.25) is 0 Å². The molecule has 0 saturated carbocycles. The van der Waals surface area contributed by atoms with Crippen molar-refractivity contribution in [2.24, 2.45) is 0 Å². The van der Waals surface area contributed by atoms with E-state index in [4.69, 9.17) is 56.8 Å². The molecule has 3 heterocycles. The quantitative estimate of drug-likeness (QED) is 0.0521. The maximum absolute atomic E-state index is 13.4. The van der Waals surface area contributed by atoms with Crippen LogP contribution >= 0.6 is 0 Å². The molecule has 0 aromatic carbocycles. The van der Waals surface area contributed by atoms with Gasteiger partial charge in [-0.1, -0.05) is 206 Å². The maximum atomic E-state index is 13.4. The van der Waals surface area contributed by atoms with Gasteiger partial charge in [0.1, 0.15) is 0 Å². The Bertz CT molecular complexity index is 1750. The molecular formula is C84H162N6O16. The van der Waals surface area contributed by atoms with E-state index in [2.05, 4.69) is 23.6 Å². The first kappa shape index (κ1) is 97.5. The summed E-state index contributed by atoms with van der Waals surface area (Å²) in [5, 5.41) is 0. The van der Waals surface area contributed by atoms with Gasteiger partial charge in [-0.05, 0) is 51.6 Å². The number of carbonyl (C=O) groups excluding carboxylic acids is 4. The fourth-order valence-corrected chi connectivity index (χ4v) is 13.7. The van der Waals surface area contributed by atoms with Gasteiger partial charge >= 0.3 is 0 Å². The fourth-order valence-electron chi connectivity index (χ4n) is 13.7. The third kappa shape index (κ3) is 61.0. The second-order valence-electron chi connectivity index (χ2n) is 29.6. The molecule has 0 aromatic heterocycles. The van der Waals surface area contributed by atoms with Crippen LogP contribution in [0.1, 0.15) is 271 Å². The number of carbonyl (C=O) groups is 4. The lowest BCUT2D eigenvalue weighted by Gasteiger charge is -2.24. The second-order valence-corrected chi connectivity index (χ2v) is 29.6. The number of hydrogen-bond donors (Lipinski definition) is 0. The summed E-state index contributed by atoms with van der Waals surface area (Å²) in [6.45, 7) is 26.9. The van der Waals surface area contributed by atoms with Gasteiger partial charge in [-0.15, -0.1) is 0 Å². The molecule has 0 unspecified atom stereocenters. The smallest absolute Gasteiger partial charge is 0.222 e.